The number of methoxy groups -OCH3 is 1. The Balaban J connectivity index is 1.31. The van der Waals surface area contributed by atoms with Gasteiger partial charge in [0, 0.05) is 33.6 Å². The molecule has 5 rings (SSSR count). The minimum Gasteiger partial charge on any atom is -0.467 e. The average Bonchev–Trinajstić information content (AvgIpc) is 3.39. The highest BCUT2D eigenvalue weighted by Crippen LogP contribution is 2.67. The number of ketones is 1. The van der Waals surface area contributed by atoms with Crippen molar-refractivity contribution in [3.05, 3.63) is 0 Å². The van der Waals surface area contributed by atoms with E-state index in [2.05, 4.69) is 13.8 Å². The van der Waals surface area contributed by atoms with E-state index in [1.54, 1.807) is 0 Å². The summed E-state index contributed by atoms with van der Waals surface area (Å²) in [5, 5.41) is 0. The second-order valence-electron chi connectivity index (χ2n) is 15.3. The maximum atomic E-state index is 13.2. The molecule has 13 nitrogen and oxygen atoms in total. The van der Waals surface area contributed by atoms with Gasteiger partial charge >= 0.3 is 29.8 Å². The molecule has 0 aromatic carbocycles. The number of Topliss-reactive ketones (excluding diaryl/α,β-unsaturated/α-hetero) is 1. The van der Waals surface area contributed by atoms with Gasteiger partial charge in [-0.1, -0.05) is 13.8 Å². The van der Waals surface area contributed by atoms with Crippen LogP contribution in [-0.2, 0) is 61.9 Å². The summed E-state index contributed by atoms with van der Waals surface area (Å²) in [4.78, 5) is 73.8. The number of hydrogen-bond acceptors (Lipinski definition) is 13. The number of carbonyl (C=O) groups is 6. The van der Waals surface area contributed by atoms with Crippen molar-refractivity contribution in [2.75, 3.05) is 13.7 Å². The molecule has 0 radical (unpaired) electrons. The van der Waals surface area contributed by atoms with Gasteiger partial charge in [-0.05, 0) is 92.3 Å². The van der Waals surface area contributed by atoms with Gasteiger partial charge in [0.05, 0.1) is 13.2 Å². The fraction of sp³-hybridized carbons (Fsp3) is 0.833. The molecule has 0 aromatic rings. The summed E-state index contributed by atoms with van der Waals surface area (Å²) in [7, 11) is 1.16. The monoisotopic (exact) mass is 692 g/mol. The van der Waals surface area contributed by atoms with Gasteiger partial charge in [-0.3, -0.25) is 24.0 Å². The molecule has 1 aliphatic heterocycles. The number of hydrogen-bond donors (Lipinski definition) is 0. The molecule has 1 heterocycles. The van der Waals surface area contributed by atoms with Gasteiger partial charge in [0.15, 0.2) is 36.5 Å². The van der Waals surface area contributed by atoms with Crippen molar-refractivity contribution in [3.8, 4) is 0 Å². The van der Waals surface area contributed by atoms with Gasteiger partial charge in [0.2, 0.25) is 0 Å². The lowest BCUT2D eigenvalue weighted by Crippen LogP contribution is -2.64. The van der Waals surface area contributed by atoms with Crippen LogP contribution in [0.5, 0.6) is 0 Å². The van der Waals surface area contributed by atoms with Crippen LogP contribution in [0.1, 0.15) is 99.3 Å². The lowest BCUT2D eigenvalue weighted by molar-refractivity contribution is -0.315. The van der Waals surface area contributed by atoms with Gasteiger partial charge in [-0.15, -0.1) is 0 Å². The number of ether oxygens (including phenoxy) is 7. The Morgan fingerprint density at radius 3 is 1.94 bits per heavy atom. The van der Waals surface area contributed by atoms with Crippen LogP contribution in [0.4, 0.5) is 0 Å². The Labute approximate surface area is 287 Å². The van der Waals surface area contributed by atoms with Crippen LogP contribution < -0.4 is 0 Å². The van der Waals surface area contributed by atoms with Crippen molar-refractivity contribution >= 4 is 35.6 Å². The molecule has 5 aliphatic rings. The lowest BCUT2D eigenvalue weighted by atomic mass is 9.44. The molecule has 4 aliphatic carbocycles. The fourth-order valence-corrected chi connectivity index (χ4v) is 10.5. The zero-order valence-electron chi connectivity index (χ0n) is 29.7. The van der Waals surface area contributed by atoms with E-state index < -0.39 is 60.6 Å². The zero-order valence-corrected chi connectivity index (χ0v) is 29.7. The SMILES string of the molecule is COC(=O)[C@@H]1O[C@@H](O[C@@H]2CC[C@]3(C)[C@H](CC[C@@H]4[C@@H]3CC[C@]3(C)[C@@H](C(=O)COC(C)=O)CC[C@@H]43)C2)[C@H](OC(C)=O)[C@@H](OC(C)=O)[C@@H]1OC(C)=O. The maximum absolute atomic E-state index is 13.2. The van der Waals surface area contributed by atoms with E-state index in [0.29, 0.717) is 30.1 Å². The van der Waals surface area contributed by atoms with Crippen molar-refractivity contribution in [3.63, 3.8) is 0 Å². The molecular weight excluding hydrogens is 640 g/mol. The minimum absolute atomic E-state index is 0.0396. The van der Waals surface area contributed by atoms with Gasteiger partial charge in [0.25, 0.3) is 0 Å². The first-order valence-corrected chi connectivity index (χ1v) is 17.7. The van der Waals surface area contributed by atoms with Crippen molar-refractivity contribution in [1.82, 2.24) is 0 Å². The normalized spacial score (nSPS) is 41.2. The van der Waals surface area contributed by atoms with Crippen molar-refractivity contribution in [1.29, 1.82) is 0 Å². The minimum atomic E-state index is -1.49. The molecule has 0 aromatic heterocycles. The Morgan fingerprint density at radius 1 is 0.694 bits per heavy atom. The topological polar surface area (TPSA) is 167 Å². The van der Waals surface area contributed by atoms with E-state index in [9.17, 15) is 28.8 Å². The van der Waals surface area contributed by atoms with Gasteiger partial charge in [0.1, 0.15) is 6.61 Å². The summed E-state index contributed by atoms with van der Waals surface area (Å²) in [5.41, 5.74) is -0.0213. The Hall–Kier alpha value is -3.06. The second-order valence-corrected chi connectivity index (χ2v) is 15.3. The summed E-state index contributed by atoms with van der Waals surface area (Å²) in [6, 6.07) is 0. The van der Waals surface area contributed by atoms with E-state index in [4.69, 9.17) is 33.2 Å². The first-order valence-electron chi connectivity index (χ1n) is 17.7. The average molecular weight is 693 g/mol. The molecule has 0 spiro atoms. The summed E-state index contributed by atoms with van der Waals surface area (Å²) in [6.07, 6.45) is 1.01. The molecular formula is C36H52O13. The van der Waals surface area contributed by atoms with E-state index in [0.717, 1.165) is 72.3 Å². The second kappa shape index (κ2) is 14.7. The van der Waals surface area contributed by atoms with Crippen LogP contribution in [-0.4, -0.2) is 86.2 Å². The first kappa shape index (κ1) is 37.2. The van der Waals surface area contributed by atoms with E-state index in [-0.39, 0.29) is 35.2 Å². The van der Waals surface area contributed by atoms with Crippen LogP contribution in [0.25, 0.3) is 0 Å². The first-order chi connectivity index (χ1) is 23.1. The number of carbonyl (C=O) groups excluding carboxylic acids is 6. The van der Waals surface area contributed by atoms with E-state index in [1.807, 2.05) is 0 Å². The third-order valence-corrected chi connectivity index (χ3v) is 12.6. The van der Waals surface area contributed by atoms with Crippen LogP contribution in [0.15, 0.2) is 0 Å². The number of esters is 5. The largest absolute Gasteiger partial charge is 0.467 e. The highest BCUT2D eigenvalue weighted by atomic mass is 16.7. The Morgan fingerprint density at radius 2 is 1.31 bits per heavy atom. The van der Waals surface area contributed by atoms with Gasteiger partial charge < -0.3 is 33.2 Å². The molecule has 5 fully saturated rings. The molecule has 4 saturated carbocycles. The Bertz CT molecular complexity index is 1310. The molecule has 0 N–H and O–H groups in total. The molecule has 13 heteroatoms. The smallest absolute Gasteiger partial charge is 0.339 e. The van der Waals surface area contributed by atoms with Gasteiger partial charge in [-0.25, -0.2) is 4.79 Å². The standard InChI is InChI=1S/C36H52O13/c1-18(37)44-17-28(41)27-11-10-25-24-9-8-22-16-23(12-14-35(22,5)26(24)13-15-36(25,27)6)48-34-32(47-21(4)40)30(46-20(3)39)29(45-19(2)38)31(49-34)33(42)43-7/h22-27,29-32,34H,8-17H2,1-7H3/t22-,23-,24+,25+,26+,27-,29+,30+,31-,32-,34-,35-,36+/m1/s1. The molecule has 13 atom stereocenters. The van der Waals surface area contributed by atoms with Crippen molar-refractivity contribution in [2.45, 2.75) is 136 Å². The summed E-state index contributed by atoms with van der Waals surface area (Å²) < 4.78 is 39.0. The van der Waals surface area contributed by atoms with Crippen LogP contribution in [0.2, 0.25) is 0 Å². The quantitative estimate of drug-likeness (QED) is 0.194. The third kappa shape index (κ3) is 7.38. The third-order valence-electron chi connectivity index (χ3n) is 12.6. The molecule has 1 saturated heterocycles. The van der Waals surface area contributed by atoms with Crippen LogP contribution >= 0.6 is 0 Å². The van der Waals surface area contributed by atoms with Crippen LogP contribution in [0.3, 0.4) is 0 Å². The summed E-state index contributed by atoms with van der Waals surface area (Å²) in [6.45, 7) is 9.35. The predicted octanol–water partition coefficient (Wildman–Crippen LogP) is 3.86. The highest BCUT2D eigenvalue weighted by molar-refractivity contribution is 5.85. The summed E-state index contributed by atoms with van der Waals surface area (Å²) >= 11 is 0. The van der Waals surface area contributed by atoms with Crippen LogP contribution in [0, 0.1) is 40.4 Å². The highest BCUT2D eigenvalue weighted by Gasteiger charge is 2.62. The van der Waals surface area contributed by atoms with Crippen molar-refractivity contribution < 1.29 is 61.9 Å². The number of fused-ring (bicyclic) bond motifs is 5. The van der Waals surface area contributed by atoms with Crippen molar-refractivity contribution in [2.24, 2.45) is 40.4 Å². The molecule has 49 heavy (non-hydrogen) atoms. The number of rotatable bonds is 9. The molecule has 0 unspecified atom stereocenters. The van der Waals surface area contributed by atoms with E-state index >= 15 is 0 Å². The fourth-order valence-electron chi connectivity index (χ4n) is 10.5. The maximum Gasteiger partial charge on any atom is 0.339 e. The molecule has 0 bridgehead atoms. The Kier molecular flexibility index (Phi) is 11.1. The molecule has 274 valence electrons. The zero-order chi connectivity index (χ0) is 35.8. The van der Waals surface area contributed by atoms with Gasteiger partial charge in [-0.2, -0.15) is 0 Å². The summed E-state index contributed by atoms with van der Waals surface area (Å²) in [5.74, 6) is -1.71. The lowest BCUT2D eigenvalue weighted by Gasteiger charge is -2.61. The molecule has 0 amide bonds. The predicted molar refractivity (Wildman–Crippen MR) is 169 cm³/mol. The van der Waals surface area contributed by atoms with E-state index in [1.165, 1.54) is 13.8 Å².